The second-order valence-corrected chi connectivity index (χ2v) is 8.10. The van der Waals surface area contributed by atoms with Crippen LogP contribution in [0.25, 0.3) is 16.3 Å². The number of fused-ring (bicyclic) bond motifs is 1. The molecule has 0 spiro atoms. The Bertz CT molecular complexity index is 1220. The van der Waals surface area contributed by atoms with Crippen molar-refractivity contribution in [3.05, 3.63) is 83.8 Å². The minimum Gasteiger partial charge on any atom is -0.364 e. The maximum Gasteiger partial charge on any atom is 0.282 e. The van der Waals surface area contributed by atoms with E-state index in [1.807, 2.05) is 41.3 Å². The summed E-state index contributed by atoms with van der Waals surface area (Å²) in [5.41, 5.74) is 1.87. The molecule has 2 aliphatic heterocycles. The molecule has 0 unspecified atom stereocenters. The van der Waals surface area contributed by atoms with Crippen molar-refractivity contribution in [1.29, 1.82) is 0 Å². The number of anilines is 1. The highest BCUT2D eigenvalue weighted by Crippen LogP contribution is 2.38. The van der Waals surface area contributed by atoms with E-state index >= 15 is 0 Å². The van der Waals surface area contributed by atoms with Crippen molar-refractivity contribution in [3.63, 3.8) is 0 Å². The van der Waals surface area contributed by atoms with E-state index in [4.69, 9.17) is 0 Å². The molecule has 0 atom stereocenters. The monoisotopic (exact) mass is 429 g/mol. The molecule has 3 aromatic rings. The third-order valence-corrected chi connectivity index (χ3v) is 6.34. The fourth-order valence-electron chi connectivity index (χ4n) is 4.60. The Kier molecular flexibility index (Phi) is 5.23. The Balaban J connectivity index is 1.62. The lowest BCUT2D eigenvalue weighted by molar-refractivity contribution is -0.120. The number of carbonyl (C=O) groups excluding carboxylic acids is 2. The van der Waals surface area contributed by atoms with Gasteiger partial charge in [-0.2, -0.15) is 0 Å². The van der Waals surface area contributed by atoms with Crippen molar-refractivity contribution in [1.82, 2.24) is 9.80 Å². The molecular formula is C26H24FN3O2. The van der Waals surface area contributed by atoms with Gasteiger partial charge in [0.15, 0.2) is 0 Å². The zero-order valence-corrected chi connectivity index (χ0v) is 17.9. The van der Waals surface area contributed by atoms with Gasteiger partial charge in [0.25, 0.3) is 11.8 Å². The van der Waals surface area contributed by atoms with Crippen molar-refractivity contribution >= 4 is 33.8 Å². The average molecular weight is 429 g/mol. The molecule has 0 saturated carbocycles. The first-order valence-electron chi connectivity index (χ1n) is 10.9. The van der Waals surface area contributed by atoms with Crippen LogP contribution in [0.1, 0.15) is 12.5 Å². The van der Waals surface area contributed by atoms with Gasteiger partial charge in [0.1, 0.15) is 11.5 Å². The fourth-order valence-corrected chi connectivity index (χ4v) is 4.60. The Labute approximate surface area is 186 Å². The van der Waals surface area contributed by atoms with Crippen LogP contribution in [0.5, 0.6) is 0 Å². The number of halogens is 1. The van der Waals surface area contributed by atoms with E-state index in [1.165, 1.54) is 17.0 Å². The summed E-state index contributed by atoms with van der Waals surface area (Å²) < 4.78 is 13.6. The van der Waals surface area contributed by atoms with Gasteiger partial charge in [0, 0.05) is 31.6 Å². The summed E-state index contributed by atoms with van der Waals surface area (Å²) in [6.07, 6.45) is 0. The molecule has 0 radical (unpaired) electrons. The van der Waals surface area contributed by atoms with Crippen LogP contribution in [0.4, 0.5) is 10.1 Å². The van der Waals surface area contributed by atoms with Crippen LogP contribution in [0.3, 0.4) is 0 Å². The molecule has 1 saturated heterocycles. The molecule has 2 heterocycles. The van der Waals surface area contributed by atoms with Crippen LogP contribution in [-0.2, 0) is 9.59 Å². The number of benzene rings is 3. The molecule has 3 aromatic carbocycles. The normalized spacial score (nSPS) is 17.7. The second-order valence-electron chi connectivity index (χ2n) is 8.10. The van der Waals surface area contributed by atoms with Crippen LogP contribution >= 0.6 is 0 Å². The van der Waals surface area contributed by atoms with Gasteiger partial charge < -0.3 is 9.80 Å². The fraction of sp³-hybridized carbons (Fsp3) is 0.231. The van der Waals surface area contributed by atoms with Gasteiger partial charge in [-0.05, 0) is 35.7 Å². The summed E-state index contributed by atoms with van der Waals surface area (Å²) in [7, 11) is 0. The van der Waals surface area contributed by atoms with Crippen molar-refractivity contribution in [2.75, 3.05) is 37.6 Å². The van der Waals surface area contributed by atoms with Crippen LogP contribution in [-0.4, -0.2) is 54.3 Å². The molecule has 32 heavy (non-hydrogen) atoms. The van der Waals surface area contributed by atoms with Gasteiger partial charge in [0.05, 0.1) is 11.3 Å². The van der Waals surface area contributed by atoms with Crippen LogP contribution in [0.15, 0.2) is 72.4 Å². The third-order valence-electron chi connectivity index (χ3n) is 6.34. The number of nitrogens with zero attached hydrogens (tertiary/aromatic N) is 3. The largest absolute Gasteiger partial charge is 0.364 e. The smallest absolute Gasteiger partial charge is 0.282 e. The average Bonchev–Trinajstić information content (AvgIpc) is 3.09. The predicted octanol–water partition coefficient (Wildman–Crippen LogP) is 3.90. The topological polar surface area (TPSA) is 43.9 Å². The SMILES string of the molecule is CCN1CCN(C2=C(c3ccc(F)cc3)C(=O)N(c3cccc4ccccc34)C2=O)CC1. The van der Waals surface area contributed by atoms with E-state index in [2.05, 4.69) is 11.8 Å². The lowest BCUT2D eigenvalue weighted by atomic mass is 10.0. The van der Waals surface area contributed by atoms with E-state index < -0.39 is 0 Å². The minimum absolute atomic E-state index is 0.323. The Morgan fingerprint density at radius 2 is 1.50 bits per heavy atom. The number of carbonyl (C=O) groups is 2. The number of imide groups is 1. The second kappa shape index (κ2) is 8.20. The molecule has 2 aliphatic rings. The third kappa shape index (κ3) is 3.37. The number of amides is 2. The van der Waals surface area contributed by atoms with E-state index in [1.54, 1.807) is 18.2 Å². The highest BCUT2D eigenvalue weighted by atomic mass is 19.1. The molecule has 5 rings (SSSR count). The Morgan fingerprint density at radius 3 is 2.22 bits per heavy atom. The summed E-state index contributed by atoms with van der Waals surface area (Å²) in [5, 5.41) is 1.80. The van der Waals surface area contributed by atoms with Gasteiger partial charge in [-0.1, -0.05) is 55.5 Å². The van der Waals surface area contributed by atoms with Gasteiger partial charge in [0.2, 0.25) is 0 Å². The zero-order valence-electron chi connectivity index (χ0n) is 17.9. The van der Waals surface area contributed by atoms with Crippen molar-refractivity contribution in [3.8, 4) is 0 Å². The van der Waals surface area contributed by atoms with Crippen molar-refractivity contribution in [2.45, 2.75) is 6.92 Å². The van der Waals surface area contributed by atoms with Crippen LogP contribution in [0.2, 0.25) is 0 Å². The predicted molar refractivity (Wildman–Crippen MR) is 123 cm³/mol. The van der Waals surface area contributed by atoms with Gasteiger partial charge in [-0.15, -0.1) is 0 Å². The molecule has 162 valence electrons. The summed E-state index contributed by atoms with van der Waals surface area (Å²) in [4.78, 5) is 33.1. The number of likely N-dealkylation sites (N-methyl/N-ethyl adjacent to an activating group) is 1. The molecular weight excluding hydrogens is 405 g/mol. The first-order valence-corrected chi connectivity index (χ1v) is 10.9. The molecule has 1 fully saturated rings. The van der Waals surface area contributed by atoms with Gasteiger partial charge >= 0.3 is 0 Å². The standard InChI is InChI=1S/C26H24FN3O2/c1-2-28-14-16-29(17-15-28)24-23(19-10-12-20(27)13-11-19)25(31)30(26(24)32)22-9-5-7-18-6-3-4-8-21(18)22/h3-13H,2,14-17H2,1H3. The van der Waals surface area contributed by atoms with Gasteiger partial charge in [-0.3, -0.25) is 9.59 Å². The molecule has 5 nitrogen and oxygen atoms in total. The number of hydrogen-bond acceptors (Lipinski definition) is 4. The first kappa shape index (κ1) is 20.4. The first-order chi connectivity index (χ1) is 15.6. The maximum atomic E-state index is 13.8. The Morgan fingerprint density at radius 1 is 0.812 bits per heavy atom. The summed E-state index contributed by atoms with van der Waals surface area (Å²) in [6.45, 7) is 6.05. The highest BCUT2D eigenvalue weighted by Gasteiger charge is 2.43. The maximum absolute atomic E-state index is 13.8. The molecule has 6 heteroatoms. The van der Waals surface area contributed by atoms with E-state index in [0.717, 1.165) is 30.4 Å². The quantitative estimate of drug-likeness (QED) is 0.590. The summed E-state index contributed by atoms with van der Waals surface area (Å²) in [5.74, 6) is -1.07. The minimum atomic E-state index is -0.379. The number of piperazine rings is 1. The number of hydrogen-bond donors (Lipinski definition) is 0. The van der Waals surface area contributed by atoms with Crippen LogP contribution < -0.4 is 4.90 Å². The molecule has 0 bridgehead atoms. The summed E-state index contributed by atoms with van der Waals surface area (Å²) >= 11 is 0. The lowest BCUT2D eigenvalue weighted by Gasteiger charge is -2.36. The lowest BCUT2D eigenvalue weighted by Crippen LogP contribution is -2.47. The molecule has 0 aromatic heterocycles. The van der Waals surface area contributed by atoms with E-state index in [-0.39, 0.29) is 17.6 Å². The van der Waals surface area contributed by atoms with Crippen molar-refractivity contribution < 1.29 is 14.0 Å². The van der Waals surface area contributed by atoms with Crippen molar-refractivity contribution in [2.24, 2.45) is 0 Å². The van der Waals surface area contributed by atoms with Crippen LogP contribution in [0, 0.1) is 5.82 Å². The molecule has 0 N–H and O–H groups in total. The Hall–Kier alpha value is -3.51. The molecule has 2 amide bonds. The molecule has 0 aliphatic carbocycles. The summed E-state index contributed by atoms with van der Waals surface area (Å²) in [6, 6.07) is 19.1. The van der Waals surface area contributed by atoms with E-state index in [0.29, 0.717) is 35.6 Å². The zero-order chi connectivity index (χ0) is 22.2. The van der Waals surface area contributed by atoms with Gasteiger partial charge in [-0.25, -0.2) is 9.29 Å². The number of rotatable bonds is 4. The van der Waals surface area contributed by atoms with E-state index in [9.17, 15) is 14.0 Å². The highest BCUT2D eigenvalue weighted by molar-refractivity contribution is 6.46.